The highest BCUT2D eigenvalue weighted by Crippen LogP contribution is 2.45. The van der Waals surface area contributed by atoms with Crippen LogP contribution >= 0.6 is 0 Å². The molecule has 2 rings (SSSR count). The summed E-state index contributed by atoms with van der Waals surface area (Å²) in [5.41, 5.74) is -0.190. The molecular formula is C10H17FN2O. The van der Waals surface area contributed by atoms with Gasteiger partial charge in [0, 0.05) is 12.0 Å². The Labute approximate surface area is 83.4 Å². The minimum Gasteiger partial charge on any atom is -0.350 e. The van der Waals surface area contributed by atoms with Gasteiger partial charge in [0.2, 0.25) is 5.91 Å². The molecule has 1 aliphatic carbocycles. The van der Waals surface area contributed by atoms with E-state index in [-0.39, 0.29) is 17.4 Å². The number of hydrogen-bond acceptors (Lipinski definition) is 2. The molecule has 2 N–H and O–H groups in total. The highest BCUT2D eigenvalue weighted by Gasteiger charge is 2.46. The van der Waals surface area contributed by atoms with Crippen LogP contribution in [0.4, 0.5) is 4.39 Å². The van der Waals surface area contributed by atoms with Crippen LogP contribution in [0.15, 0.2) is 0 Å². The summed E-state index contributed by atoms with van der Waals surface area (Å²) < 4.78 is 13.3. The van der Waals surface area contributed by atoms with E-state index in [0.29, 0.717) is 13.0 Å². The van der Waals surface area contributed by atoms with Gasteiger partial charge in [-0.2, -0.15) is 0 Å². The molecular weight excluding hydrogens is 183 g/mol. The molecule has 0 aromatic rings. The third-order valence-corrected chi connectivity index (χ3v) is 3.27. The van der Waals surface area contributed by atoms with Crippen LogP contribution in [0.1, 0.15) is 26.2 Å². The van der Waals surface area contributed by atoms with E-state index >= 15 is 0 Å². The van der Waals surface area contributed by atoms with Gasteiger partial charge in [0.15, 0.2) is 0 Å². The quantitative estimate of drug-likeness (QED) is 0.685. The van der Waals surface area contributed by atoms with Crippen molar-refractivity contribution >= 4 is 5.91 Å². The number of alkyl halides is 1. The van der Waals surface area contributed by atoms with Crippen LogP contribution in [0.3, 0.4) is 0 Å². The lowest BCUT2D eigenvalue weighted by molar-refractivity contribution is -0.127. The molecule has 4 heteroatoms. The molecule has 1 saturated carbocycles. The zero-order valence-corrected chi connectivity index (χ0v) is 8.48. The van der Waals surface area contributed by atoms with Crippen molar-refractivity contribution in [2.24, 2.45) is 5.41 Å². The second-order valence-corrected chi connectivity index (χ2v) is 4.65. The maximum absolute atomic E-state index is 13.3. The zero-order valence-electron chi connectivity index (χ0n) is 8.48. The van der Waals surface area contributed by atoms with Gasteiger partial charge in [-0.1, -0.05) is 6.92 Å². The Balaban J connectivity index is 1.86. The van der Waals surface area contributed by atoms with E-state index in [9.17, 15) is 9.18 Å². The molecule has 1 amide bonds. The van der Waals surface area contributed by atoms with Gasteiger partial charge in [0.05, 0.1) is 6.04 Å². The fourth-order valence-corrected chi connectivity index (χ4v) is 1.74. The average molecular weight is 200 g/mol. The third kappa shape index (κ3) is 1.90. The van der Waals surface area contributed by atoms with Crippen LogP contribution in [0.25, 0.3) is 0 Å². The Bertz CT molecular complexity index is 240. The normalized spacial score (nSPS) is 35.0. The van der Waals surface area contributed by atoms with Gasteiger partial charge in [0.25, 0.3) is 0 Å². The number of carbonyl (C=O) groups excluding carboxylic acids is 1. The van der Waals surface area contributed by atoms with Crippen LogP contribution < -0.4 is 10.6 Å². The van der Waals surface area contributed by atoms with Crippen LogP contribution in [0.2, 0.25) is 0 Å². The van der Waals surface area contributed by atoms with Gasteiger partial charge < -0.3 is 10.6 Å². The van der Waals surface area contributed by atoms with E-state index in [0.717, 1.165) is 19.4 Å². The molecule has 0 aromatic heterocycles. The van der Waals surface area contributed by atoms with Crippen molar-refractivity contribution in [1.82, 2.24) is 10.6 Å². The summed E-state index contributed by atoms with van der Waals surface area (Å²) in [5, 5.41) is 5.78. The highest BCUT2D eigenvalue weighted by atomic mass is 19.1. The summed E-state index contributed by atoms with van der Waals surface area (Å²) in [6, 6.07) is -0.277. The number of hydrogen-bond donors (Lipinski definition) is 2. The van der Waals surface area contributed by atoms with Gasteiger partial charge in [-0.05, 0) is 25.8 Å². The van der Waals surface area contributed by atoms with Crippen LogP contribution in [0.5, 0.6) is 0 Å². The van der Waals surface area contributed by atoms with Gasteiger partial charge in [-0.3, -0.25) is 4.79 Å². The molecule has 0 bridgehead atoms. The fraction of sp³-hybridized carbons (Fsp3) is 0.900. The summed E-state index contributed by atoms with van der Waals surface area (Å²) >= 11 is 0. The monoisotopic (exact) mass is 200 g/mol. The van der Waals surface area contributed by atoms with Crippen molar-refractivity contribution in [1.29, 1.82) is 0 Å². The number of rotatable bonds is 2. The van der Waals surface area contributed by atoms with E-state index in [1.807, 2.05) is 6.92 Å². The lowest BCUT2D eigenvalue weighted by atomic mass is 10.0. The molecule has 1 saturated heterocycles. The first-order chi connectivity index (χ1) is 6.62. The highest BCUT2D eigenvalue weighted by molar-refractivity contribution is 5.85. The minimum absolute atomic E-state index is 0.0343. The molecule has 80 valence electrons. The number of amides is 1. The molecule has 1 aliphatic heterocycles. The van der Waals surface area contributed by atoms with Crippen molar-refractivity contribution in [2.75, 3.05) is 13.1 Å². The first-order valence-electron chi connectivity index (χ1n) is 5.28. The molecule has 1 heterocycles. The fourth-order valence-electron chi connectivity index (χ4n) is 1.74. The average Bonchev–Trinajstić information content (AvgIpc) is 2.89. The Kier molecular flexibility index (Phi) is 2.47. The van der Waals surface area contributed by atoms with Gasteiger partial charge in [0.1, 0.15) is 6.17 Å². The number of nitrogens with one attached hydrogen (secondary N) is 2. The van der Waals surface area contributed by atoms with Crippen molar-refractivity contribution in [2.45, 2.75) is 38.4 Å². The smallest absolute Gasteiger partial charge is 0.226 e. The molecule has 3 nitrogen and oxygen atoms in total. The van der Waals surface area contributed by atoms with Gasteiger partial charge >= 0.3 is 0 Å². The molecule has 14 heavy (non-hydrogen) atoms. The van der Waals surface area contributed by atoms with Crippen LogP contribution in [0, 0.1) is 5.41 Å². The van der Waals surface area contributed by atoms with Crippen molar-refractivity contribution in [3.63, 3.8) is 0 Å². The lowest BCUT2D eigenvalue weighted by Crippen LogP contribution is -2.52. The van der Waals surface area contributed by atoms with E-state index in [1.165, 1.54) is 0 Å². The number of piperidine rings is 1. The standard InChI is InChI=1S/C10H17FN2O/c1-10(3-4-10)9(14)13-8-2-5-12-6-7(8)11/h7-8,12H,2-6H2,1H3,(H,13,14). The van der Waals surface area contributed by atoms with Gasteiger partial charge in [-0.25, -0.2) is 4.39 Å². The number of halogens is 1. The topological polar surface area (TPSA) is 41.1 Å². The maximum atomic E-state index is 13.3. The molecule has 2 atom stereocenters. The van der Waals surface area contributed by atoms with Crippen LogP contribution in [-0.2, 0) is 4.79 Å². The van der Waals surface area contributed by atoms with E-state index in [1.54, 1.807) is 0 Å². The van der Waals surface area contributed by atoms with Crippen LogP contribution in [-0.4, -0.2) is 31.2 Å². The Morgan fingerprint density at radius 3 is 2.86 bits per heavy atom. The van der Waals surface area contributed by atoms with Gasteiger partial charge in [-0.15, -0.1) is 0 Å². The molecule has 2 fully saturated rings. The third-order valence-electron chi connectivity index (χ3n) is 3.27. The zero-order chi connectivity index (χ0) is 10.2. The largest absolute Gasteiger partial charge is 0.350 e. The molecule has 2 unspecified atom stereocenters. The van der Waals surface area contributed by atoms with Crippen molar-refractivity contribution in [3.05, 3.63) is 0 Å². The molecule has 2 aliphatic rings. The minimum atomic E-state index is -0.935. The summed E-state index contributed by atoms with van der Waals surface area (Å²) in [5.74, 6) is 0.0343. The predicted octanol–water partition coefficient (Wildman–Crippen LogP) is 0.603. The Morgan fingerprint density at radius 2 is 2.29 bits per heavy atom. The second kappa shape index (κ2) is 3.50. The summed E-state index contributed by atoms with van der Waals surface area (Å²) in [4.78, 5) is 11.6. The molecule has 0 spiro atoms. The van der Waals surface area contributed by atoms with Crippen molar-refractivity contribution < 1.29 is 9.18 Å². The molecule has 0 radical (unpaired) electrons. The first-order valence-corrected chi connectivity index (χ1v) is 5.28. The van der Waals surface area contributed by atoms with E-state index in [2.05, 4.69) is 10.6 Å². The first kappa shape index (κ1) is 9.90. The molecule has 0 aromatic carbocycles. The summed E-state index contributed by atoms with van der Waals surface area (Å²) in [6.45, 7) is 3.10. The maximum Gasteiger partial charge on any atom is 0.226 e. The Morgan fingerprint density at radius 1 is 1.57 bits per heavy atom. The Hall–Kier alpha value is -0.640. The van der Waals surface area contributed by atoms with E-state index < -0.39 is 6.17 Å². The second-order valence-electron chi connectivity index (χ2n) is 4.65. The van der Waals surface area contributed by atoms with Crippen molar-refractivity contribution in [3.8, 4) is 0 Å². The van der Waals surface area contributed by atoms with E-state index in [4.69, 9.17) is 0 Å². The predicted molar refractivity (Wildman–Crippen MR) is 51.7 cm³/mol. The SMILES string of the molecule is CC1(C(=O)NC2CCNCC2F)CC1. The summed E-state index contributed by atoms with van der Waals surface area (Å²) in [7, 11) is 0. The number of carbonyl (C=O) groups is 1. The summed E-state index contributed by atoms with van der Waals surface area (Å²) in [6.07, 6.45) is 1.65. The lowest BCUT2D eigenvalue weighted by Gasteiger charge is -2.28.